The Kier molecular flexibility index (Phi) is 4.70. The molecule has 116 valence electrons. The quantitative estimate of drug-likeness (QED) is 0.628. The Morgan fingerprint density at radius 3 is 2.81 bits per heavy atom. The van der Waals surface area contributed by atoms with Crippen molar-refractivity contribution in [2.45, 2.75) is 38.3 Å². The van der Waals surface area contributed by atoms with Crippen molar-refractivity contribution in [3.8, 4) is 0 Å². The molecule has 0 bridgehead atoms. The number of aromatic nitrogens is 5. The highest BCUT2D eigenvalue weighted by molar-refractivity contribution is 7.89. The zero-order chi connectivity index (χ0) is 15.5. The molecule has 0 aliphatic heterocycles. The second-order valence-corrected chi connectivity index (χ2v) is 6.33. The summed E-state index contributed by atoms with van der Waals surface area (Å²) < 4.78 is 29.0. The standard InChI is InChI=1S/C11H19N7O2S/c1-8-11(9(2)18(17-8)5-3-4-12)21(19,20)15-6-10-13-7-14-16-10/h7,15H,3-6,12H2,1-2H3,(H,13,14,16). The van der Waals surface area contributed by atoms with Crippen LogP contribution in [0.15, 0.2) is 11.2 Å². The van der Waals surface area contributed by atoms with Crippen molar-refractivity contribution in [1.82, 2.24) is 29.7 Å². The number of sulfonamides is 1. The van der Waals surface area contributed by atoms with Crippen LogP contribution in [0.1, 0.15) is 23.6 Å². The maximum atomic E-state index is 12.4. The fourth-order valence-corrected chi connectivity index (χ4v) is 3.47. The Morgan fingerprint density at radius 2 is 2.19 bits per heavy atom. The van der Waals surface area contributed by atoms with Crippen LogP contribution in [0.4, 0.5) is 0 Å². The minimum absolute atomic E-state index is 0.0508. The molecule has 21 heavy (non-hydrogen) atoms. The third-order valence-electron chi connectivity index (χ3n) is 3.05. The van der Waals surface area contributed by atoms with Crippen molar-refractivity contribution in [3.63, 3.8) is 0 Å². The van der Waals surface area contributed by atoms with E-state index in [0.29, 0.717) is 30.3 Å². The van der Waals surface area contributed by atoms with E-state index in [0.717, 1.165) is 6.42 Å². The number of nitrogens with one attached hydrogen (secondary N) is 2. The number of nitrogens with two attached hydrogens (primary N) is 1. The van der Waals surface area contributed by atoms with Gasteiger partial charge < -0.3 is 5.73 Å². The lowest BCUT2D eigenvalue weighted by molar-refractivity contribution is 0.562. The highest BCUT2D eigenvalue weighted by Gasteiger charge is 2.24. The lowest BCUT2D eigenvalue weighted by atomic mass is 10.4. The van der Waals surface area contributed by atoms with E-state index in [4.69, 9.17) is 5.73 Å². The van der Waals surface area contributed by atoms with Gasteiger partial charge in [0.25, 0.3) is 0 Å². The molecule has 0 radical (unpaired) electrons. The summed E-state index contributed by atoms with van der Waals surface area (Å²) in [6, 6.07) is 0. The molecule has 0 spiro atoms. The minimum atomic E-state index is -3.65. The van der Waals surface area contributed by atoms with E-state index in [2.05, 4.69) is 25.0 Å². The summed E-state index contributed by atoms with van der Waals surface area (Å²) in [7, 11) is -3.65. The highest BCUT2D eigenvalue weighted by atomic mass is 32.2. The van der Waals surface area contributed by atoms with E-state index in [1.54, 1.807) is 18.5 Å². The lowest BCUT2D eigenvalue weighted by Gasteiger charge is -2.06. The predicted octanol–water partition coefficient (Wildman–Crippen LogP) is -0.555. The molecule has 0 saturated carbocycles. The van der Waals surface area contributed by atoms with Gasteiger partial charge >= 0.3 is 0 Å². The Morgan fingerprint density at radius 1 is 1.43 bits per heavy atom. The average molecular weight is 313 g/mol. The van der Waals surface area contributed by atoms with E-state index >= 15 is 0 Å². The van der Waals surface area contributed by atoms with Crippen molar-refractivity contribution >= 4 is 10.0 Å². The molecule has 0 aliphatic rings. The third kappa shape index (κ3) is 3.46. The molecule has 2 heterocycles. The van der Waals surface area contributed by atoms with Gasteiger partial charge in [0.1, 0.15) is 17.0 Å². The largest absolute Gasteiger partial charge is 0.330 e. The molecule has 9 nitrogen and oxygen atoms in total. The van der Waals surface area contributed by atoms with Crippen LogP contribution in [-0.4, -0.2) is 39.9 Å². The van der Waals surface area contributed by atoms with Gasteiger partial charge in [-0.25, -0.2) is 18.1 Å². The molecular formula is C11H19N7O2S. The van der Waals surface area contributed by atoms with Crippen molar-refractivity contribution in [2.24, 2.45) is 5.73 Å². The number of hydrogen-bond donors (Lipinski definition) is 3. The van der Waals surface area contributed by atoms with Crippen molar-refractivity contribution in [1.29, 1.82) is 0 Å². The Hall–Kier alpha value is -1.78. The van der Waals surface area contributed by atoms with E-state index in [1.807, 2.05) is 0 Å². The van der Waals surface area contributed by atoms with Gasteiger partial charge in [-0.3, -0.25) is 9.78 Å². The molecule has 10 heteroatoms. The van der Waals surface area contributed by atoms with Gasteiger partial charge in [-0.2, -0.15) is 10.2 Å². The summed E-state index contributed by atoms with van der Waals surface area (Å²) in [6.07, 6.45) is 2.07. The van der Waals surface area contributed by atoms with Gasteiger partial charge in [0.05, 0.1) is 17.9 Å². The van der Waals surface area contributed by atoms with Crippen LogP contribution in [-0.2, 0) is 23.1 Å². The molecular weight excluding hydrogens is 294 g/mol. The maximum absolute atomic E-state index is 12.4. The molecule has 2 aromatic heterocycles. The first-order chi connectivity index (χ1) is 9.95. The Labute approximate surface area is 123 Å². The van der Waals surface area contributed by atoms with Crippen LogP contribution >= 0.6 is 0 Å². The number of nitrogens with zero attached hydrogens (tertiary/aromatic N) is 4. The average Bonchev–Trinajstić information content (AvgIpc) is 3.03. The zero-order valence-electron chi connectivity index (χ0n) is 12.0. The minimum Gasteiger partial charge on any atom is -0.330 e. The summed E-state index contributed by atoms with van der Waals surface area (Å²) in [5, 5.41) is 10.5. The molecule has 2 aromatic rings. The molecule has 0 aromatic carbocycles. The third-order valence-corrected chi connectivity index (χ3v) is 4.71. The van der Waals surface area contributed by atoms with Crippen LogP contribution < -0.4 is 10.5 Å². The fraction of sp³-hybridized carbons (Fsp3) is 0.545. The van der Waals surface area contributed by atoms with Gasteiger partial charge in [-0.15, -0.1) is 0 Å². The smallest absolute Gasteiger partial charge is 0.244 e. The van der Waals surface area contributed by atoms with Crippen molar-refractivity contribution in [3.05, 3.63) is 23.5 Å². The first-order valence-electron chi connectivity index (χ1n) is 6.53. The SMILES string of the molecule is Cc1nn(CCCN)c(C)c1S(=O)(=O)NCc1ncn[nH]1. The molecule has 2 rings (SSSR count). The topological polar surface area (TPSA) is 132 Å². The van der Waals surface area contributed by atoms with Crippen LogP contribution in [0.3, 0.4) is 0 Å². The second-order valence-electron chi connectivity index (χ2n) is 4.62. The molecule has 0 atom stereocenters. The number of H-pyrrole nitrogens is 1. The van der Waals surface area contributed by atoms with Crippen molar-refractivity contribution in [2.75, 3.05) is 6.54 Å². The first-order valence-corrected chi connectivity index (χ1v) is 8.02. The molecule has 0 saturated heterocycles. The number of aromatic amines is 1. The number of aryl methyl sites for hydroxylation is 2. The highest BCUT2D eigenvalue weighted by Crippen LogP contribution is 2.19. The number of rotatable bonds is 7. The van der Waals surface area contributed by atoms with Gasteiger partial charge in [-0.1, -0.05) is 0 Å². The fourth-order valence-electron chi connectivity index (χ4n) is 2.08. The molecule has 0 aliphatic carbocycles. The monoisotopic (exact) mass is 313 g/mol. The van der Waals surface area contributed by atoms with E-state index in [1.165, 1.54) is 6.33 Å². The van der Waals surface area contributed by atoms with Gasteiger partial charge in [0.2, 0.25) is 10.0 Å². The predicted molar refractivity (Wildman–Crippen MR) is 75.8 cm³/mol. The van der Waals surface area contributed by atoms with E-state index in [-0.39, 0.29) is 11.4 Å². The molecule has 0 fully saturated rings. The normalized spacial score (nSPS) is 12.0. The van der Waals surface area contributed by atoms with Crippen LogP contribution in [0.25, 0.3) is 0 Å². The Balaban J connectivity index is 2.21. The second kappa shape index (κ2) is 6.33. The van der Waals surface area contributed by atoms with E-state index in [9.17, 15) is 8.42 Å². The summed E-state index contributed by atoms with van der Waals surface area (Å²) in [5.41, 5.74) is 6.54. The van der Waals surface area contributed by atoms with E-state index < -0.39 is 10.0 Å². The summed E-state index contributed by atoms with van der Waals surface area (Å²) >= 11 is 0. The van der Waals surface area contributed by atoms with Gasteiger partial charge in [0, 0.05) is 6.54 Å². The molecule has 0 amide bonds. The first kappa shape index (κ1) is 15.6. The van der Waals surface area contributed by atoms with Gasteiger partial charge in [-0.05, 0) is 26.8 Å². The lowest BCUT2D eigenvalue weighted by Crippen LogP contribution is -2.25. The summed E-state index contributed by atoms with van der Waals surface area (Å²) in [6.45, 7) is 4.59. The summed E-state index contributed by atoms with van der Waals surface area (Å²) in [5.74, 6) is 0.449. The van der Waals surface area contributed by atoms with Crippen LogP contribution in [0.5, 0.6) is 0 Å². The Bertz CT molecular complexity index is 690. The van der Waals surface area contributed by atoms with Crippen molar-refractivity contribution < 1.29 is 8.42 Å². The molecule has 4 N–H and O–H groups in total. The van der Waals surface area contributed by atoms with Crippen LogP contribution in [0.2, 0.25) is 0 Å². The van der Waals surface area contributed by atoms with Gasteiger partial charge in [0.15, 0.2) is 0 Å². The maximum Gasteiger partial charge on any atom is 0.244 e. The summed E-state index contributed by atoms with van der Waals surface area (Å²) in [4.78, 5) is 4.08. The molecule has 0 unspecified atom stereocenters. The number of hydrogen-bond acceptors (Lipinski definition) is 6. The van der Waals surface area contributed by atoms with Crippen LogP contribution in [0, 0.1) is 13.8 Å². The zero-order valence-corrected chi connectivity index (χ0v) is 12.8.